The highest BCUT2D eigenvalue weighted by atomic mass is 35.5. The first-order valence-electron chi connectivity index (χ1n) is 6.03. The van der Waals surface area contributed by atoms with Gasteiger partial charge in [-0.25, -0.2) is 0 Å². The van der Waals surface area contributed by atoms with E-state index in [-0.39, 0.29) is 17.8 Å². The maximum absolute atomic E-state index is 5.57. The normalized spacial score (nSPS) is 10.8. The highest BCUT2D eigenvalue weighted by Gasteiger charge is 2.17. The molecular formula is C14H24ClNO. The molecule has 17 heavy (non-hydrogen) atoms. The maximum Gasteiger partial charge on any atom is 0.119 e. The highest BCUT2D eigenvalue weighted by molar-refractivity contribution is 5.85. The molecule has 0 amide bonds. The Labute approximate surface area is 111 Å². The number of hydrogen-bond acceptors (Lipinski definition) is 2. The molecule has 1 rings (SSSR count). The third-order valence-corrected chi connectivity index (χ3v) is 3.14. The van der Waals surface area contributed by atoms with Crippen molar-refractivity contribution in [2.45, 2.75) is 39.0 Å². The van der Waals surface area contributed by atoms with E-state index in [0.717, 1.165) is 18.6 Å². The van der Waals surface area contributed by atoms with E-state index in [4.69, 9.17) is 10.5 Å². The summed E-state index contributed by atoms with van der Waals surface area (Å²) in [4.78, 5) is 0. The zero-order chi connectivity index (χ0) is 12.0. The van der Waals surface area contributed by atoms with E-state index >= 15 is 0 Å². The van der Waals surface area contributed by atoms with Crippen LogP contribution in [0.4, 0.5) is 0 Å². The molecule has 0 bridgehead atoms. The fraction of sp³-hybridized carbons (Fsp3) is 0.571. The standard InChI is InChI=1S/C14H23NO.ClH/c1-4-14(2,3)12-6-8-13(9-7-12)16-11-5-10-15;/h6-9H,4-5,10-11,15H2,1-3H3;1H. The molecule has 0 aliphatic heterocycles. The molecule has 98 valence electrons. The fourth-order valence-electron chi connectivity index (χ4n) is 1.48. The number of rotatable bonds is 6. The second kappa shape index (κ2) is 7.57. The number of nitrogens with two attached hydrogens (primary N) is 1. The first-order valence-corrected chi connectivity index (χ1v) is 6.03. The van der Waals surface area contributed by atoms with Gasteiger partial charge in [-0.15, -0.1) is 12.4 Å². The summed E-state index contributed by atoms with van der Waals surface area (Å²) < 4.78 is 5.57. The van der Waals surface area contributed by atoms with Gasteiger partial charge in [0.05, 0.1) is 6.61 Å². The topological polar surface area (TPSA) is 35.2 Å². The van der Waals surface area contributed by atoms with Gasteiger partial charge in [0, 0.05) is 0 Å². The number of benzene rings is 1. The van der Waals surface area contributed by atoms with Crippen LogP contribution in [0.2, 0.25) is 0 Å². The second-order valence-electron chi connectivity index (χ2n) is 4.75. The summed E-state index contributed by atoms with van der Waals surface area (Å²) >= 11 is 0. The minimum absolute atomic E-state index is 0. The van der Waals surface area contributed by atoms with Gasteiger partial charge in [-0.3, -0.25) is 0 Å². The molecule has 3 heteroatoms. The summed E-state index contributed by atoms with van der Waals surface area (Å²) in [6.45, 7) is 8.12. The average molecular weight is 258 g/mol. The zero-order valence-corrected chi connectivity index (χ0v) is 11.8. The Morgan fingerprint density at radius 3 is 2.24 bits per heavy atom. The third-order valence-electron chi connectivity index (χ3n) is 3.14. The monoisotopic (exact) mass is 257 g/mol. The predicted octanol–water partition coefficient (Wildman–Crippen LogP) is 3.52. The van der Waals surface area contributed by atoms with E-state index in [9.17, 15) is 0 Å². The Morgan fingerprint density at radius 1 is 1.18 bits per heavy atom. The molecule has 0 radical (unpaired) electrons. The summed E-state index contributed by atoms with van der Waals surface area (Å²) in [5.41, 5.74) is 7.02. The van der Waals surface area contributed by atoms with Gasteiger partial charge in [0.25, 0.3) is 0 Å². The highest BCUT2D eigenvalue weighted by Crippen LogP contribution is 2.27. The molecule has 1 aromatic rings. The van der Waals surface area contributed by atoms with E-state index in [0.29, 0.717) is 13.2 Å². The van der Waals surface area contributed by atoms with Crippen LogP contribution in [0, 0.1) is 0 Å². The van der Waals surface area contributed by atoms with Crippen LogP contribution >= 0.6 is 12.4 Å². The van der Waals surface area contributed by atoms with Gasteiger partial charge in [-0.05, 0) is 42.5 Å². The van der Waals surface area contributed by atoms with Gasteiger partial charge in [0.1, 0.15) is 5.75 Å². The minimum Gasteiger partial charge on any atom is -0.494 e. The first-order chi connectivity index (χ1) is 7.60. The summed E-state index contributed by atoms with van der Waals surface area (Å²) in [5.74, 6) is 0.934. The van der Waals surface area contributed by atoms with Crippen LogP contribution in [-0.2, 0) is 5.41 Å². The van der Waals surface area contributed by atoms with Gasteiger partial charge in [-0.1, -0.05) is 32.9 Å². The Bertz CT molecular complexity index is 309. The first kappa shape index (κ1) is 16.3. The van der Waals surface area contributed by atoms with Gasteiger partial charge in [0.2, 0.25) is 0 Å². The van der Waals surface area contributed by atoms with Crippen molar-refractivity contribution in [3.8, 4) is 5.75 Å². The van der Waals surface area contributed by atoms with Crippen molar-refractivity contribution in [2.24, 2.45) is 5.73 Å². The smallest absolute Gasteiger partial charge is 0.119 e. The van der Waals surface area contributed by atoms with Crippen LogP contribution in [0.5, 0.6) is 5.75 Å². The predicted molar refractivity (Wildman–Crippen MR) is 76.2 cm³/mol. The lowest BCUT2D eigenvalue weighted by atomic mass is 9.82. The summed E-state index contributed by atoms with van der Waals surface area (Å²) in [6.07, 6.45) is 2.04. The third kappa shape index (κ3) is 4.97. The van der Waals surface area contributed by atoms with Crippen molar-refractivity contribution in [1.29, 1.82) is 0 Å². The van der Waals surface area contributed by atoms with Crippen LogP contribution in [0.1, 0.15) is 39.2 Å². The molecule has 0 spiro atoms. The van der Waals surface area contributed by atoms with Gasteiger partial charge in [-0.2, -0.15) is 0 Å². The minimum atomic E-state index is 0. The van der Waals surface area contributed by atoms with Crippen LogP contribution in [0.25, 0.3) is 0 Å². The van der Waals surface area contributed by atoms with Gasteiger partial charge >= 0.3 is 0 Å². The molecular weight excluding hydrogens is 234 g/mol. The van der Waals surface area contributed by atoms with E-state index in [1.54, 1.807) is 0 Å². The van der Waals surface area contributed by atoms with Crippen molar-refractivity contribution in [3.63, 3.8) is 0 Å². The molecule has 0 aliphatic carbocycles. The van der Waals surface area contributed by atoms with Crippen LogP contribution in [-0.4, -0.2) is 13.2 Å². The molecule has 0 saturated carbocycles. The molecule has 0 saturated heterocycles. The second-order valence-corrected chi connectivity index (χ2v) is 4.75. The van der Waals surface area contributed by atoms with E-state index in [1.165, 1.54) is 5.56 Å². The number of ether oxygens (including phenoxy) is 1. The van der Waals surface area contributed by atoms with Gasteiger partial charge < -0.3 is 10.5 Å². The molecule has 0 fully saturated rings. The summed E-state index contributed by atoms with van der Waals surface area (Å²) in [5, 5.41) is 0. The quantitative estimate of drug-likeness (QED) is 0.792. The van der Waals surface area contributed by atoms with Crippen LogP contribution in [0.3, 0.4) is 0 Å². The zero-order valence-electron chi connectivity index (χ0n) is 11.0. The van der Waals surface area contributed by atoms with E-state index in [1.807, 2.05) is 12.1 Å². The van der Waals surface area contributed by atoms with Crippen LogP contribution < -0.4 is 10.5 Å². The van der Waals surface area contributed by atoms with Crippen LogP contribution in [0.15, 0.2) is 24.3 Å². The lowest BCUT2D eigenvalue weighted by Gasteiger charge is -2.23. The lowest BCUT2D eigenvalue weighted by molar-refractivity contribution is 0.313. The Morgan fingerprint density at radius 2 is 1.76 bits per heavy atom. The Balaban J connectivity index is 0.00000256. The molecule has 2 N–H and O–H groups in total. The molecule has 2 nitrogen and oxygen atoms in total. The van der Waals surface area contributed by atoms with E-state index in [2.05, 4.69) is 32.9 Å². The number of halogens is 1. The fourth-order valence-corrected chi connectivity index (χ4v) is 1.48. The molecule has 0 aromatic heterocycles. The largest absolute Gasteiger partial charge is 0.494 e. The molecule has 1 aromatic carbocycles. The summed E-state index contributed by atoms with van der Waals surface area (Å²) in [7, 11) is 0. The Kier molecular flexibility index (Phi) is 7.24. The SMILES string of the molecule is CCC(C)(C)c1ccc(OCCCN)cc1.Cl. The van der Waals surface area contributed by atoms with Crippen molar-refractivity contribution >= 4 is 12.4 Å². The molecule has 0 heterocycles. The van der Waals surface area contributed by atoms with Crippen molar-refractivity contribution in [2.75, 3.05) is 13.2 Å². The molecule has 0 aliphatic rings. The number of hydrogen-bond donors (Lipinski definition) is 1. The molecule has 0 atom stereocenters. The average Bonchev–Trinajstić information content (AvgIpc) is 2.30. The summed E-state index contributed by atoms with van der Waals surface area (Å²) in [6, 6.07) is 8.40. The van der Waals surface area contributed by atoms with E-state index < -0.39 is 0 Å². The lowest BCUT2D eigenvalue weighted by Crippen LogP contribution is -2.15. The van der Waals surface area contributed by atoms with Crippen molar-refractivity contribution in [3.05, 3.63) is 29.8 Å². The molecule has 0 unspecified atom stereocenters. The van der Waals surface area contributed by atoms with Gasteiger partial charge in [0.15, 0.2) is 0 Å². The van der Waals surface area contributed by atoms with Crippen molar-refractivity contribution < 1.29 is 4.74 Å². The van der Waals surface area contributed by atoms with Crippen molar-refractivity contribution in [1.82, 2.24) is 0 Å². The maximum atomic E-state index is 5.57. The Hall–Kier alpha value is -0.730.